The quantitative estimate of drug-likeness (QED) is 0.102. The second-order valence-electron chi connectivity index (χ2n) is 40.2. The zero-order valence-electron chi connectivity index (χ0n) is 81.8. The minimum atomic E-state index is -0.0848. The van der Waals surface area contributed by atoms with Crippen molar-refractivity contribution in [1.82, 2.24) is 13.7 Å². The molecule has 0 aliphatic heterocycles. The molecule has 145 heavy (non-hydrogen) atoms. The van der Waals surface area contributed by atoms with Gasteiger partial charge in [0.2, 0.25) is 0 Å². The molecule has 6 nitrogen and oxygen atoms in total. The summed E-state index contributed by atoms with van der Waals surface area (Å²) in [6.45, 7) is 14.1. The average molecular weight is 1860 g/mol. The monoisotopic (exact) mass is 1860 g/mol. The zero-order chi connectivity index (χ0) is 97.2. The first-order chi connectivity index (χ1) is 71.2. The summed E-state index contributed by atoms with van der Waals surface area (Å²) in [4.78, 5) is 7.20. The van der Waals surface area contributed by atoms with Gasteiger partial charge in [-0.3, -0.25) is 0 Å². The van der Waals surface area contributed by atoms with Crippen molar-refractivity contribution in [3.8, 4) is 83.8 Å². The van der Waals surface area contributed by atoms with E-state index in [0.717, 1.165) is 45.5 Å². The van der Waals surface area contributed by atoms with E-state index in [1.54, 1.807) is 0 Å². The van der Waals surface area contributed by atoms with Crippen molar-refractivity contribution in [3.63, 3.8) is 0 Å². The Hall–Kier alpha value is -18.1. The van der Waals surface area contributed by atoms with Crippen molar-refractivity contribution in [2.24, 2.45) is 0 Å². The lowest BCUT2D eigenvalue weighted by Gasteiger charge is -2.29. The molecule has 3 aliphatic rings. The van der Waals surface area contributed by atoms with Crippen molar-refractivity contribution in [1.29, 1.82) is 0 Å². The maximum atomic E-state index is 2.43. The molecule has 22 aromatic carbocycles. The summed E-state index contributed by atoms with van der Waals surface area (Å²) in [5, 5.41) is 10.0. The first-order valence-corrected chi connectivity index (χ1v) is 50.5. The molecule has 0 unspecified atom stereocenters. The fourth-order valence-corrected chi connectivity index (χ4v) is 23.9. The van der Waals surface area contributed by atoms with Crippen molar-refractivity contribution < 1.29 is 0 Å². The Morgan fingerprint density at radius 1 is 0.145 bits per heavy atom. The summed E-state index contributed by atoms with van der Waals surface area (Å²) >= 11 is 0. The van der Waals surface area contributed by atoms with E-state index in [4.69, 9.17) is 0 Å². The molecular weight excluding hydrogens is 1750 g/mol. The van der Waals surface area contributed by atoms with E-state index in [0.29, 0.717) is 0 Å². The van der Waals surface area contributed by atoms with Crippen LogP contribution in [0.1, 0.15) is 74.9 Å². The Bertz CT molecular complexity index is 9330. The van der Waals surface area contributed by atoms with Crippen LogP contribution in [0.4, 0.5) is 51.2 Å². The van der Waals surface area contributed by atoms with Crippen LogP contribution >= 0.6 is 0 Å². The van der Waals surface area contributed by atoms with Crippen LogP contribution in [0.25, 0.3) is 160 Å². The average Bonchev–Trinajstić information content (AvgIpc) is 1.56. The summed E-state index contributed by atoms with van der Waals surface area (Å²) in [6.07, 6.45) is 0. The SMILES string of the molecule is CC1(C)c2ccccc2-c2ccc(N(c3ccccc3)c3ccc(-c4ccc5c(c4)c4ccccc4n5-c4ccccc4)c4ccccc34)cc21.CC1(C)c2ccccc2-c2ccc(N(c3ccccc3)c3ccc(-c4ccc5c(c4)c4ccccc4n5-c4ccccc4)cc3)cc21.CC1(C)c2ccccc2-c2ccc(N(c3ccccc3)c3cccc(-c4ccc5c(c4)c4ccccc4n5-c4ccccc4)c3)cc21. The minimum Gasteiger partial charge on any atom is -0.310 e. The second-order valence-corrected chi connectivity index (χ2v) is 40.2. The summed E-state index contributed by atoms with van der Waals surface area (Å²) in [7, 11) is 0. The van der Waals surface area contributed by atoms with Gasteiger partial charge in [-0.25, -0.2) is 0 Å². The predicted molar refractivity (Wildman–Crippen MR) is 613 cm³/mol. The second kappa shape index (κ2) is 35.3. The number of hydrogen-bond donors (Lipinski definition) is 0. The number of rotatable bonds is 15. The molecule has 0 amide bonds. The first kappa shape index (κ1) is 87.2. The molecule has 25 aromatic rings. The normalized spacial score (nSPS) is 13.1. The highest BCUT2D eigenvalue weighted by Gasteiger charge is 2.40. The van der Waals surface area contributed by atoms with Crippen molar-refractivity contribution >= 4 is 127 Å². The van der Waals surface area contributed by atoms with Gasteiger partial charge in [-0.1, -0.05) is 369 Å². The molecule has 0 N–H and O–H groups in total. The number of nitrogens with zero attached hydrogens (tertiary/aromatic N) is 6. The van der Waals surface area contributed by atoms with Gasteiger partial charge in [-0.2, -0.15) is 0 Å². The highest BCUT2D eigenvalue weighted by atomic mass is 15.2. The molecule has 28 rings (SSSR count). The first-order valence-electron chi connectivity index (χ1n) is 50.5. The molecule has 3 aliphatic carbocycles. The molecule has 0 fully saturated rings. The fourth-order valence-electron chi connectivity index (χ4n) is 23.9. The van der Waals surface area contributed by atoms with Gasteiger partial charge < -0.3 is 28.4 Å². The van der Waals surface area contributed by atoms with Gasteiger partial charge in [0.1, 0.15) is 0 Å². The number of benzene rings is 22. The standard InChI is InChI=1S/C49H36N2.2C45H34N2/c1-49(2)44-23-13-11-20-39(44)40-27-26-36(32-45(40)49)50(34-15-5-3-6-16-34)47-30-28-37(38-19-9-10-21-41(38)47)33-25-29-48-43(31-33)42-22-12-14-24-46(42)51(48)35-17-7-4-8-18-35;1-45(2)41-22-11-9-20-37(41)38-26-25-36(30-42(38)45)46(33-15-5-3-6-16-33)35-19-13-14-31(28-35)32-24-27-44-40(29-32)39-21-10-12-23-43(39)47(44)34-17-7-4-8-18-34;1-45(2)41-19-11-9-17-37(41)38-27-26-36(30-42(38)45)46(33-13-5-3-6-14-33)35-24-21-31(22-25-35)32-23-28-44-40(29-32)39-18-10-12-20-43(39)47(44)34-15-7-4-8-16-34/h3-32H,1-2H3;2*3-30H,1-2H3. The summed E-state index contributed by atoms with van der Waals surface area (Å²) in [6, 6.07) is 190. The molecule has 0 saturated heterocycles. The fraction of sp³-hybridized carbons (Fsp3) is 0.0647. The molecular formula is C139H104N6. The number of para-hydroxylation sites is 9. The van der Waals surface area contributed by atoms with Crippen LogP contribution in [0.3, 0.4) is 0 Å². The maximum Gasteiger partial charge on any atom is 0.0541 e. The van der Waals surface area contributed by atoms with E-state index in [2.05, 4.69) is 592 Å². The van der Waals surface area contributed by atoms with E-state index < -0.39 is 0 Å². The Balaban J connectivity index is 0.000000111. The third kappa shape index (κ3) is 14.8. The third-order valence-corrected chi connectivity index (χ3v) is 30.9. The summed E-state index contributed by atoms with van der Waals surface area (Å²) < 4.78 is 7.12. The van der Waals surface area contributed by atoms with Crippen molar-refractivity contribution in [2.75, 3.05) is 14.7 Å². The van der Waals surface area contributed by atoms with Gasteiger partial charge in [0.15, 0.2) is 0 Å². The van der Waals surface area contributed by atoms with E-state index in [1.165, 1.54) is 199 Å². The van der Waals surface area contributed by atoms with Crippen LogP contribution in [0, 0.1) is 0 Å². The largest absolute Gasteiger partial charge is 0.310 e. The van der Waals surface area contributed by atoms with E-state index in [9.17, 15) is 0 Å². The van der Waals surface area contributed by atoms with Gasteiger partial charge in [0, 0.05) is 117 Å². The maximum absolute atomic E-state index is 2.43. The van der Waals surface area contributed by atoms with Gasteiger partial charge in [0.25, 0.3) is 0 Å². The minimum absolute atomic E-state index is 0.0591. The molecule has 0 bridgehead atoms. The Labute approximate surface area is 846 Å². The lowest BCUT2D eigenvalue weighted by molar-refractivity contribution is 0.660. The number of aromatic nitrogens is 3. The third-order valence-electron chi connectivity index (χ3n) is 30.9. The van der Waals surface area contributed by atoms with Crippen LogP contribution in [0.15, 0.2) is 522 Å². The van der Waals surface area contributed by atoms with Crippen LogP contribution < -0.4 is 14.7 Å². The van der Waals surface area contributed by atoms with E-state index in [-0.39, 0.29) is 16.2 Å². The molecule has 0 saturated carbocycles. The smallest absolute Gasteiger partial charge is 0.0541 e. The van der Waals surface area contributed by atoms with Gasteiger partial charge in [0.05, 0.1) is 38.8 Å². The van der Waals surface area contributed by atoms with Crippen LogP contribution in [0.5, 0.6) is 0 Å². The van der Waals surface area contributed by atoms with Gasteiger partial charge in [-0.05, 0) is 300 Å². The highest BCUT2D eigenvalue weighted by Crippen LogP contribution is 2.56. The molecule has 0 radical (unpaired) electrons. The van der Waals surface area contributed by atoms with Crippen LogP contribution in [-0.2, 0) is 16.2 Å². The molecule has 690 valence electrons. The van der Waals surface area contributed by atoms with E-state index >= 15 is 0 Å². The molecule has 0 atom stereocenters. The zero-order valence-corrected chi connectivity index (χ0v) is 81.8. The van der Waals surface area contributed by atoms with E-state index in [1.807, 2.05) is 0 Å². The number of fused-ring (bicyclic) bond motifs is 19. The van der Waals surface area contributed by atoms with Gasteiger partial charge in [-0.15, -0.1) is 0 Å². The highest BCUT2D eigenvalue weighted by molar-refractivity contribution is 6.15. The van der Waals surface area contributed by atoms with Crippen LogP contribution in [-0.4, -0.2) is 13.7 Å². The molecule has 3 aromatic heterocycles. The summed E-state index contributed by atoms with van der Waals surface area (Å²) in [5.41, 5.74) is 44.5. The Morgan fingerprint density at radius 2 is 0.407 bits per heavy atom. The summed E-state index contributed by atoms with van der Waals surface area (Å²) in [5.74, 6) is 0. The number of anilines is 9. The topological polar surface area (TPSA) is 24.5 Å². The molecule has 3 heterocycles. The van der Waals surface area contributed by atoms with Crippen LogP contribution in [0.2, 0.25) is 0 Å². The molecule has 6 heteroatoms. The van der Waals surface area contributed by atoms with Crippen molar-refractivity contribution in [2.45, 2.75) is 57.8 Å². The lowest BCUT2D eigenvalue weighted by Crippen LogP contribution is -2.16. The Morgan fingerprint density at radius 3 is 0.821 bits per heavy atom. The predicted octanol–water partition coefficient (Wildman–Crippen LogP) is 37.8. The number of hydrogen-bond acceptors (Lipinski definition) is 3. The van der Waals surface area contributed by atoms with Gasteiger partial charge >= 0.3 is 0 Å². The lowest BCUT2D eigenvalue weighted by atomic mass is 9.82. The Kier molecular flexibility index (Phi) is 21.2. The molecule has 0 spiro atoms. The van der Waals surface area contributed by atoms with Crippen molar-refractivity contribution in [3.05, 3.63) is 555 Å².